The largest absolute Gasteiger partial charge is 0.493 e. The van der Waals surface area contributed by atoms with Crippen LogP contribution in [0.2, 0.25) is 0 Å². The molecular weight excluding hydrogens is 371 g/mol. The van der Waals surface area contributed by atoms with Crippen LogP contribution in [-0.2, 0) is 17.5 Å². The smallest absolute Gasteiger partial charge is 0.416 e. The van der Waals surface area contributed by atoms with Crippen molar-refractivity contribution in [2.75, 3.05) is 13.7 Å². The van der Waals surface area contributed by atoms with E-state index in [-0.39, 0.29) is 12.5 Å². The topological polar surface area (TPSA) is 47.6 Å². The van der Waals surface area contributed by atoms with Crippen LogP contribution in [0.4, 0.5) is 13.2 Å². The second-order valence-corrected chi connectivity index (χ2v) is 5.76. The first-order valence-electron chi connectivity index (χ1n) is 8.37. The van der Waals surface area contributed by atoms with Crippen LogP contribution in [0.25, 0.3) is 6.08 Å². The fourth-order valence-electron chi connectivity index (χ4n) is 2.29. The van der Waals surface area contributed by atoms with Gasteiger partial charge in [0.1, 0.15) is 6.61 Å². The van der Waals surface area contributed by atoms with Crippen LogP contribution in [0.3, 0.4) is 0 Å². The van der Waals surface area contributed by atoms with Crippen LogP contribution in [0, 0.1) is 0 Å². The van der Waals surface area contributed by atoms with Crippen LogP contribution < -0.4 is 14.8 Å². The Morgan fingerprint density at radius 1 is 1.14 bits per heavy atom. The molecule has 0 atom stereocenters. The van der Waals surface area contributed by atoms with Crippen LogP contribution in [0.1, 0.15) is 16.7 Å². The molecule has 0 radical (unpaired) electrons. The van der Waals surface area contributed by atoms with E-state index >= 15 is 0 Å². The van der Waals surface area contributed by atoms with Crippen molar-refractivity contribution in [3.8, 4) is 11.5 Å². The minimum atomic E-state index is -4.38. The van der Waals surface area contributed by atoms with Gasteiger partial charge >= 0.3 is 6.18 Å². The molecule has 0 unspecified atom stereocenters. The molecule has 0 bridgehead atoms. The molecule has 2 aromatic rings. The highest BCUT2D eigenvalue weighted by Crippen LogP contribution is 2.29. The van der Waals surface area contributed by atoms with Gasteiger partial charge in [0.15, 0.2) is 11.5 Å². The van der Waals surface area contributed by atoms with Gasteiger partial charge in [0.25, 0.3) is 0 Å². The van der Waals surface area contributed by atoms with Crippen molar-refractivity contribution in [3.63, 3.8) is 0 Å². The molecule has 148 valence electrons. The molecule has 2 rings (SSSR count). The standard InChI is InChI=1S/C21H20F3NO3/c1-3-12-28-18-10-6-15(13-19(18)27-2)7-11-20(26)25-14-16-4-8-17(9-5-16)21(22,23)24/h3-11,13H,1,12,14H2,2H3,(H,25,26)/b11-7+. The molecule has 2 aromatic carbocycles. The van der Waals surface area contributed by atoms with Gasteiger partial charge in [-0.1, -0.05) is 30.9 Å². The first-order valence-corrected chi connectivity index (χ1v) is 8.37. The van der Waals surface area contributed by atoms with E-state index < -0.39 is 11.7 Å². The summed E-state index contributed by atoms with van der Waals surface area (Å²) in [4.78, 5) is 11.9. The zero-order valence-corrected chi connectivity index (χ0v) is 15.3. The minimum Gasteiger partial charge on any atom is -0.493 e. The van der Waals surface area contributed by atoms with Crippen molar-refractivity contribution in [2.24, 2.45) is 0 Å². The van der Waals surface area contributed by atoms with E-state index in [9.17, 15) is 18.0 Å². The Bertz CT molecular complexity index is 843. The van der Waals surface area contributed by atoms with Crippen molar-refractivity contribution in [3.05, 3.63) is 77.9 Å². The zero-order chi connectivity index (χ0) is 20.6. The van der Waals surface area contributed by atoms with Crippen molar-refractivity contribution < 1.29 is 27.4 Å². The quantitative estimate of drug-likeness (QED) is 0.528. The number of benzene rings is 2. The lowest BCUT2D eigenvalue weighted by molar-refractivity contribution is -0.137. The molecule has 0 aliphatic heterocycles. The highest BCUT2D eigenvalue weighted by Gasteiger charge is 2.29. The normalized spacial score (nSPS) is 11.3. The third-order valence-electron chi connectivity index (χ3n) is 3.72. The maximum absolute atomic E-state index is 12.5. The predicted octanol–water partition coefficient (Wildman–Crippen LogP) is 4.61. The number of rotatable bonds is 8. The number of carbonyl (C=O) groups is 1. The lowest BCUT2D eigenvalue weighted by Gasteiger charge is -2.09. The highest BCUT2D eigenvalue weighted by molar-refractivity contribution is 5.91. The fraction of sp³-hybridized carbons (Fsp3) is 0.190. The minimum absolute atomic E-state index is 0.124. The van der Waals surface area contributed by atoms with Crippen LogP contribution in [-0.4, -0.2) is 19.6 Å². The Labute approximate surface area is 161 Å². The van der Waals surface area contributed by atoms with Gasteiger partial charge in [-0.05, 0) is 41.5 Å². The molecule has 4 nitrogen and oxygen atoms in total. The van der Waals surface area contributed by atoms with Crippen molar-refractivity contribution >= 4 is 12.0 Å². The third-order valence-corrected chi connectivity index (χ3v) is 3.72. The molecule has 0 spiro atoms. The first kappa shape index (κ1) is 21.1. The van der Waals surface area contributed by atoms with Crippen molar-refractivity contribution in [1.29, 1.82) is 0 Å². The summed E-state index contributed by atoms with van der Waals surface area (Å²) in [5.74, 6) is 0.714. The molecule has 0 heterocycles. The lowest BCUT2D eigenvalue weighted by Crippen LogP contribution is -2.20. The maximum Gasteiger partial charge on any atom is 0.416 e. The molecule has 1 N–H and O–H groups in total. The number of carbonyl (C=O) groups excluding carboxylic acids is 1. The van der Waals surface area contributed by atoms with Crippen LogP contribution in [0.15, 0.2) is 61.2 Å². The second-order valence-electron chi connectivity index (χ2n) is 5.76. The van der Waals surface area contributed by atoms with Crippen LogP contribution >= 0.6 is 0 Å². The van der Waals surface area contributed by atoms with Gasteiger partial charge in [0.2, 0.25) is 5.91 Å². The Balaban J connectivity index is 1.93. The molecule has 0 aromatic heterocycles. The third kappa shape index (κ3) is 6.19. The summed E-state index contributed by atoms with van der Waals surface area (Å²) < 4.78 is 48.3. The number of hydrogen-bond acceptors (Lipinski definition) is 3. The van der Waals surface area contributed by atoms with E-state index in [0.717, 1.165) is 17.7 Å². The summed E-state index contributed by atoms with van der Waals surface area (Å²) in [5.41, 5.74) is 0.574. The highest BCUT2D eigenvalue weighted by atomic mass is 19.4. The van der Waals surface area contributed by atoms with Crippen molar-refractivity contribution in [2.45, 2.75) is 12.7 Å². The number of amides is 1. The number of hydrogen-bond donors (Lipinski definition) is 1. The molecule has 0 aliphatic rings. The van der Waals surface area contributed by atoms with Gasteiger partial charge in [0, 0.05) is 12.6 Å². The molecular formula is C21H20F3NO3. The summed E-state index contributed by atoms with van der Waals surface area (Å²) in [6.07, 6.45) is 0.178. The monoisotopic (exact) mass is 391 g/mol. The molecule has 0 saturated carbocycles. The van der Waals surface area contributed by atoms with Gasteiger partial charge in [-0.25, -0.2) is 0 Å². The molecule has 1 amide bonds. The van der Waals surface area contributed by atoms with E-state index in [4.69, 9.17) is 9.47 Å². The van der Waals surface area contributed by atoms with E-state index in [2.05, 4.69) is 11.9 Å². The summed E-state index contributed by atoms with van der Waals surface area (Å²) in [6.45, 7) is 4.05. The van der Waals surface area contributed by atoms with Gasteiger partial charge < -0.3 is 14.8 Å². The second kappa shape index (κ2) is 9.64. The molecule has 7 heteroatoms. The zero-order valence-electron chi connectivity index (χ0n) is 15.3. The average Bonchev–Trinajstić information content (AvgIpc) is 2.69. The van der Waals surface area contributed by atoms with Gasteiger partial charge in [-0.2, -0.15) is 13.2 Å². The van der Waals surface area contributed by atoms with Gasteiger partial charge in [-0.15, -0.1) is 0 Å². The van der Waals surface area contributed by atoms with E-state index in [0.29, 0.717) is 23.7 Å². The summed E-state index contributed by atoms with van der Waals surface area (Å²) in [6, 6.07) is 9.85. The number of halogens is 3. The summed E-state index contributed by atoms with van der Waals surface area (Å²) >= 11 is 0. The number of methoxy groups -OCH3 is 1. The Kier molecular flexibility index (Phi) is 7.26. The molecule has 0 aliphatic carbocycles. The summed E-state index contributed by atoms with van der Waals surface area (Å²) in [7, 11) is 1.51. The average molecular weight is 391 g/mol. The van der Waals surface area contributed by atoms with E-state index in [1.54, 1.807) is 30.4 Å². The predicted molar refractivity (Wildman–Crippen MR) is 101 cm³/mol. The first-order chi connectivity index (χ1) is 13.3. The maximum atomic E-state index is 12.5. The Morgan fingerprint density at radius 2 is 1.86 bits per heavy atom. The Hall–Kier alpha value is -3.22. The fourth-order valence-corrected chi connectivity index (χ4v) is 2.29. The summed E-state index contributed by atoms with van der Waals surface area (Å²) in [5, 5.41) is 2.62. The molecule has 28 heavy (non-hydrogen) atoms. The number of ether oxygens (including phenoxy) is 2. The van der Waals surface area contributed by atoms with Gasteiger partial charge in [0.05, 0.1) is 12.7 Å². The lowest BCUT2D eigenvalue weighted by atomic mass is 10.1. The SMILES string of the molecule is C=CCOc1ccc(/C=C/C(=O)NCc2ccc(C(F)(F)F)cc2)cc1OC. The van der Waals surface area contributed by atoms with E-state index in [1.807, 2.05) is 0 Å². The number of alkyl halides is 3. The Morgan fingerprint density at radius 3 is 2.46 bits per heavy atom. The van der Waals surface area contributed by atoms with Crippen LogP contribution in [0.5, 0.6) is 11.5 Å². The van der Waals surface area contributed by atoms with Crippen molar-refractivity contribution in [1.82, 2.24) is 5.32 Å². The molecule has 0 fully saturated rings. The number of nitrogens with one attached hydrogen (secondary N) is 1. The van der Waals surface area contributed by atoms with E-state index in [1.165, 1.54) is 25.3 Å². The molecule has 0 saturated heterocycles. The van der Waals surface area contributed by atoms with Gasteiger partial charge in [-0.3, -0.25) is 4.79 Å².